The highest BCUT2D eigenvalue weighted by molar-refractivity contribution is 7.99. The number of hydrogen-bond donors (Lipinski definition) is 1. The summed E-state index contributed by atoms with van der Waals surface area (Å²) in [5, 5.41) is 5.34. The van der Waals surface area contributed by atoms with E-state index in [-0.39, 0.29) is 41.0 Å². The number of carbonyl (C=O) groups excluding carboxylic acids is 1. The lowest BCUT2D eigenvalue weighted by Gasteiger charge is -2.26. The Bertz CT molecular complexity index is 1660. The molecule has 0 spiro atoms. The molecule has 0 radical (unpaired) electrons. The zero-order valence-electron chi connectivity index (χ0n) is 20.2. The number of sulfonamides is 1. The van der Waals surface area contributed by atoms with Crippen molar-refractivity contribution in [1.29, 1.82) is 0 Å². The van der Waals surface area contributed by atoms with E-state index in [1.54, 1.807) is 31.3 Å². The summed E-state index contributed by atoms with van der Waals surface area (Å²) in [6, 6.07) is 12.0. The summed E-state index contributed by atoms with van der Waals surface area (Å²) >= 11 is 2.40. The molecule has 38 heavy (non-hydrogen) atoms. The fraction of sp³-hybridized carbons (Fsp3) is 0.240. The van der Waals surface area contributed by atoms with Gasteiger partial charge in [0, 0.05) is 36.8 Å². The monoisotopic (exact) mass is 574 g/mol. The number of benzene rings is 2. The molecule has 1 saturated heterocycles. The van der Waals surface area contributed by atoms with Gasteiger partial charge in [-0.1, -0.05) is 30.0 Å². The van der Waals surface area contributed by atoms with Gasteiger partial charge in [-0.25, -0.2) is 17.8 Å². The van der Waals surface area contributed by atoms with Crippen LogP contribution in [0, 0.1) is 5.82 Å². The summed E-state index contributed by atoms with van der Waals surface area (Å²) in [4.78, 5) is 31.0. The summed E-state index contributed by atoms with van der Waals surface area (Å²) in [5.74, 6) is -0.771. The Labute approximate surface area is 226 Å². The lowest BCUT2D eigenvalue weighted by atomic mass is 10.1. The molecule has 0 aliphatic carbocycles. The SMILES string of the molecule is Cn1c(SCC(=O)Nc2cccc(S(=O)(=O)N3CCOCC3)c2)nc2scc(-c3ccc(F)cc3)c2c1=O. The van der Waals surface area contributed by atoms with Gasteiger partial charge in [0.05, 0.1) is 29.2 Å². The number of thiophene rings is 1. The molecule has 3 heterocycles. The number of morpholine rings is 1. The van der Waals surface area contributed by atoms with E-state index in [1.807, 2.05) is 5.38 Å². The van der Waals surface area contributed by atoms with Crippen LogP contribution in [-0.4, -0.2) is 60.2 Å². The third-order valence-electron chi connectivity index (χ3n) is 5.99. The first kappa shape index (κ1) is 26.5. The summed E-state index contributed by atoms with van der Waals surface area (Å²) in [7, 11) is -2.11. The Hall–Kier alpha value is -3.10. The van der Waals surface area contributed by atoms with Gasteiger partial charge >= 0.3 is 0 Å². The molecule has 1 aliphatic rings. The van der Waals surface area contributed by atoms with Crippen LogP contribution in [0.25, 0.3) is 21.3 Å². The Morgan fingerprint density at radius 2 is 1.92 bits per heavy atom. The lowest BCUT2D eigenvalue weighted by Crippen LogP contribution is -2.40. The molecule has 9 nitrogen and oxygen atoms in total. The van der Waals surface area contributed by atoms with Gasteiger partial charge in [0.15, 0.2) is 5.16 Å². The molecule has 198 valence electrons. The zero-order valence-corrected chi connectivity index (χ0v) is 22.7. The normalized spacial score (nSPS) is 14.6. The van der Waals surface area contributed by atoms with Crippen LogP contribution in [0.4, 0.5) is 10.1 Å². The maximum Gasteiger partial charge on any atom is 0.263 e. The van der Waals surface area contributed by atoms with Crippen LogP contribution in [0.15, 0.2) is 68.8 Å². The number of aromatic nitrogens is 2. The fourth-order valence-electron chi connectivity index (χ4n) is 4.02. The first-order chi connectivity index (χ1) is 18.2. The molecule has 1 amide bonds. The summed E-state index contributed by atoms with van der Waals surface area (Å²) in [6.07, 6.45) is 0. The maximum atomic E-state index is 13.3. The van der Waals surface area contributed by atoms with Crippen molar-refractivity contribution in [3.05, 3.63) is 70.1 Å². The number of halogens is 1. The number of fused-ring (bicyclic) bond motifs is 1. The fourth-order valence-corrected chi connectivity index (χ4v) is 7.24. The Morgan fingerprint density at radius 3 is 2.66 bits per heavy atom. The smallest absolute Gasteiger partial charge is 0.263 e. The van der Waals surface area contributed by atoms with Crippen molar-refractivity contribution in [3.8, 4) is 11.1 Å². The second-order valence-corrected chi connectivity index (χ2v) is 12.2. The largest absolute Gasteiger partial charge is 0.379 e. The van der Waals surface area contributed by atoms with Crippen LogP contribution < -0.4 is 10.9 Å². The minimum absolute atomic E-state index is 0.0393. The van der Waals surface area contributed by atoms with Gasteiger partial charge in [0.2, 0.25) is 15.9 Å². The number of thioether (sulfide) groups is 1. The number of rotatable bonds is 7. The van der Waals surface area contributed by atoms with E-state index in [9.17, 15) is 22.4 Å². The first-order valence-corrected chi connectivity index (χ1v) is 14.9. The average Bonchev–Trinajstić information content (AvgIpc) is 3.35. The van der Waals surface area contributed by atoms with Crippen molar-refractivity contribution in [2.45, 2.75) is 10.1 Å². The summed E-state index contributed by atoms with van der Waals surface area (Å²) in [5.41, 5.74) is 1.48. The molecule has 0 saturated carbocycles. The first-order valence-electron chi connectivity index (χ1n) is 11.6. The van der Waals surface area contributed by atoms with Gasteiger partial charge in [-0.3, -0.25) is 14.2 Å². The van der Waals surface area contributed by atoms with Crippen LogP contribution in [0.5, 0.6) is 0 Å². The summed E-state index contributed by atoms with van der Waals surface area (Å²) in [6.45, 7) is 1.24. The zero-order chi connectivity index (χ0) is 26.9. The molecule has 2 aromatic heterocycles. The van der Waals surface area contributed by atoms with E-state index in [2.05, 4.69) is 10.3 Å². The van der Waals surface area contributed by atoms with E-state index in [4.69, 9.17) is 4.74 Å². The van der Waals surface area contributed by atoms with Gasteiger partial charge in [-0.15, -0.1) is 11.3 Å². The van der Waals surface area contributed by atoms with Crippen molar-refractivity contribution in [1.82, 2.24) is 13.9 Å². The van der Waals surface area contributed by atoms with Crippen molar-refractivity contribution in [2.75, 3.05) is 37.4 Å². The lowest BCUT2D eigenvalue weighted by molar-refractivity contribution is -0.113. The van der Waals surface area contributed by atoms with Crippen LogP contribution in [-0.2, 0) is 26.6 Å². The molecule has 4 aromatic rings. The number of nitrogens with zero attached hydrogens (tertiary/aromatic N) is 3. The van der Waals surface area contributed by atoms with E-state index in [1.165, 1.54) is 44.5 Å². The van der Waals surface area contributed by atoms with Crippen LogP contribution in [0.2, 0.25) is 0 Å². The Kier molecular flexibility index (Phi) is 7.63. The minimum atomic E-state index is -3.70. The highest BCUT2D eigenvalue weighted by Crippen LogP contribution is 2.32. The molecule has 0 unspecified atom stereocenters. The minimum Gasteiger partial charge on any atom is -0.379 e. The van der Waals surface area contributed by atoms with Gasteiger partial charge in [0.1, 0.15) is 10.6 Å². The second kappa shape index (κ2) is 10.9. The van der Waals surface area contributed by atoms with Gasteiger partial charge in [0.25, 0.3) is 5.56 Å². The Morgan fingerprint density at radius 1 is 1.18 bits per heavy atom. The molecule has 1 N–H and O–H groups in total. The second-order valence-electron chi connectivity index (χ2n) is 8.48. The number of ether oxygens (including phenoxy) is 1. The third kappa shape index (κ3) is 5.38. The molecular weight excluding hydrogens is 551 g/mol. The molecule has 1 fully saturated rings. The number of amides is 1. The third-order valence-corrected chi connectivity index (χ3v) is 9.78. The van der Waals surface area contributed by atoms with Gasteiger partial charge < -0.3 is 10.1 Å². The molecular formula is C25H23FN4O5S3. The van der Waals surface area contributed by atoms with Gasteiger partial charge in [-0.2, -0.15) is 4.31 Å². The molecule has 0 bridgehead atoms. The summed E-state index contributed by atoms with van der Waals surface area (Å²) < 4.78 is 47.1. The predicted molar refractivity (Wildman–Crippen MR) is 146 cm³/mol. The quantitative estimate of drug-likeness (QED) is 0.266. The van der Waals surface area contributed by atoms with Crippen molar-refractivity contribution in [2.24, 2.45) is 7.05 Å². The van der Waals surface area contributed by atoms with Crippen LogP contribution >= 0.6 is 23.1 Å². The van der Waals surface area contributed by atoms with Crippen molar-refractivity contribution < 1.29 is 22.3 Å². The van der Waals surface area contributed by atoms with E-state index >= 15 is 0 Å². The molecule has 0 atom stereocenters. The van der Waals surface area contributed by atoms with Crippen molar-refractivity contribution in [3.63, 3.8) is 0 Å². The highest BCUT2D eigenvalue weighted by Gasteiger charge is 2.26. The number of nitrogens with one attached hydrogen (secondary N) is 1. The topological polar surface area (TPSA) is 111 Å². The standard InChI is InChI=1S/C25H23FN4O5S3/c1-29-24(32)22-20(16-5-7-17(26)8-6-16)14-36-23(22)28-25(29)37-15-21(31)27-18-3-2-4-19(13-18)38(33,34)30-9-11-35-12-10-30/h2-8,13-14H,9-12,15H2,1H3,(H,27,31). The predicted octanol–water partition coefficient (Wildman–Crippen LogP) is 3.55. The van der Waals surface area contributed by atoms with Crippen LogP contribution in [0.1, 0.15) is 0 Å². The van der Waals surface area contributed by atoms with E-state index in [0.717, 1.165) is 11.8 Å². The van der Waals surface area contributed by atoms with Crippen LogP contribution in [0.3, 0.4) is 0 Å². The molecule has 2 aromatic carbocycles. The molecule has 13 heteroatoms. The Balaban J connectivity index is 1.30. The highest BCUT2D eigenvalue weighted by atomic mass is 32.2. The maximum absolute atomic E-state index is 13.3. The molecule has 1 aliphatic heterocycles. The average molecular weight is 575 g/mol. The number of anilines is 1. The number of hydrogen-bond acceptors (Lipinski definition) is 8. The van der Waals surface area contributed by atoms with Crippen molar-refractivity contribution >= 4 is 54.9 Å². The number of carbonyl (C=O) groups is 1. The van der Waals surface area contributed by atoms with Gasteiger partial charge in [-0.05, 0) is 35.9 Å². The van der Waals surface area contributed by atoms with E-state index < -0.39 is 10.0 Å². The molecule has 5 rings (SSSR count). The van der Waals surface area contributed by atoms with E-state index in [0.29, 0.717) is 45.4 Å².